The zero-order valence-electron chi connectivity index (χ0n) is 10.4. The Bertz CT molecular complexity index is 463. The van der Waals surface area contributed by atoms with Crippen LogP contribution in [0.1, 0.15) is 13.8 Å². The Morgan fingerprint density at radius 3 is 2.61 bits per heavy atom. The summed E-state index contributed by atoms with van der Waals surface area (Å²) in [4.78, 5) is 22.1. The fraction of sp³-hybridized carbons (Fsp3) is 0.333. The summed E-state index contributed by atoms with van der Waals surface area (Å²) in [5.74, 6) is -1.27. The molecule has 0 spiro atoms. The van der Waals surface area contributed by atoms with E-state index in [-0.39, 0.29) is 11.6 Å². The lowest BCUT2D eigenvalue weighted by atomic mass is 10.2. The number of carbonyl (C=O) groups is 2. The van der Waals surface area contributed by atoms with Gasteiger partial charge in [0.1, 0.15) is 11.9 Å². The molecular weight excluding hydrogens is 239 g/mol. The van der Waals surface area contributed by atoms with E-state index in [1.165, 1.54) is 32.2 Å². The van der Waals surface area contributed by atoms with E-state index in [9.17, 15) is 14.0 Å². The van der Waals surface area contributed by atoms with Crippen molar-refractivity contribution in [1.82, 2.24) is 0 Å². The van der Waals surface area contributed by atoms with Crippen LogP contribution in [0.5, 0.6) is 0 Å². The molecule has 0 aromatic heterocycles. The van der Waals surface area contributed by atoms with Gasteiger partial charge in [0.25, 0.3) is 0 Å². The highest BCUT2D eigenvalue weighted by molar-refractivity contribution is 5.89. The molecule has 0 heterocycles. The Morgan fingerprint density at radius 1 is 1.39 bits per heavy atom. The van der Waals surface area contributed by atoms with E-state index < -0.39 is 17.8 Å². The normalized spacial score (nSPS) is 11.6. The van der Waals surface area contributed by atoms with Crippen molar-refractivity contribution >= 4 is 23.3 Å². The van der Waals surface area contributed by atoms with Gasteiger partial charge in [-0.2, -0.15) is 0 Å². The molecule has 0 saturated heterocycles. The van der Waals surface area contributed by atoms with Crippen LogP contribution in [0.2, 0.25) is 0 Å². The second-order valence-electron chi connectivity index (χ2n) is 3.76. The van der Waals surface area contributed by atoms with E-state index in [0.29, 0.717) is 5.69 Å². The summed E-state index contributed by atoms with van der Waals surface area (Å²) >= 11 is 0. The molecule has 1 amide bonds. The minimum atomic E-state index is -0.683. The maximum atomic E-state index is 13.5. The number of hydrogen-bond acceptors (Lipinski definition) is 4. The van der Waals surface area contributed by atoms with E-state index in [0.717, 1.165) is 0 Å². The van der Waals surface area contributed by atoms with Gasteiger partial charge in [-0.15, -0.1) is 0 Å². The van der Waals surface area contributed by atoms with Crippen molar-refractivity contribution < 1.29 is 18.7 Å². The fourth-order valence-corrected chi connectivity index (χ4v) is 1.39. The average molecular weight is 254 g/mol. The second kappa shape index (κ2) is 6.00. The van der Waals surface area contributed by atoms with E-state index in [1.807, 2.05) is 0 Å². The third-order valence-corrected chi connectivity index (χ3v) is 2.21. The zero-order valence-corrected chi connectivity index (χ0v) is 10.4. The highest BCUT2D eigenvalue weighted by Gasteiger charge is 2.15. The molecule has 0 aliphatic carbocycles. The SMILES string of the molecule is COC(=O)C(C)Nc1cc(NC(C)=O)ccc1F. The van der Waals surface area contributed by atoms with E-state index in [1.54, 1.807) is 6.92 Å². The molecule has 1 aromatic rings. The number of rotatable bonds is 4. The Hall–Kier alpha value is -2.11. The third-order valence-electron chi connectivity index (χ3n) is 2.21. The van der Waals surface area contributed by atoms with Crippen LogP contribution in [0, 0.1) is 5.82 Å². The molecule has 1 atom stereocenters. The van der Waals surface area contributed by atoms with Crippen molar-refractivity contribution in [1.29, 1.82) is 0 Å². The molecule has 6 heteroatoms. The van der Waals surface area contributed by atoms with Gasteiger partial charge < -0.3 is 15.4 Å². The van der Waals surface area contributed by atoms with E-state index in [4.69, 9.17) is 0 Å². The number of esters is 1. The summed E-state index contributed by atoms with van der Waals surface area (Å²) < 4.78 is 18.0. The molecule has 1 unspecified atom stereocenters. The van der Waals surface area contributed by atoms with Gasteiger partial charge in [-0.3, -0.25) is 4.79 Å². The van der Waals surface area contributed by atoms with E-state index >= 15 is 0 Å². The van der Waals surface area contributed by atoms with Gasteiger partial charge >= 0.3 is 5.97 Å². The molecule has 2 N–H and O–H groups in total. The maximum Gasteiger partial charge on any atom is 0.327 e. The van der Waals surface area contributed by atoms with Crippen LogP contribution in [0.4, 0.5) is 15.8 Å². The largest absolute Gasteiger partial charge is 0.467 e. The Morgan fingerprint density at radius 2 is 2.06 bits per heavy atom. The van der Waals surface area contributed by atoms with Crippen LogP contribution in [0.25, 0.3) is 0 Å². The monoisotopic (exact) mass is 254 g/mol. The third kappa shape index (κ3) is 3.73. The van der Waals surface area contributed by atoms with Gasteiger partial charge in [-0.25, -0.2) is 9.18 Å². The van der Waals surface area contributed by atoms with Crippen molar-refractivity contribution in [3.05, 3.63) is 24.0 Å². The van der Waals surface area contributed by atoms with Crippen molar-refractivity contribution in [3.8, 4) is 0 Å². The summed E-state index contributed by atoms with van der Waals surface area (Å²) in [6, 6.07) is 3.37. The summed E-state index contributed by atoms with van der Waals surface area (Å²) in [7, 11) is 1.25. The van der Waals surface area contributed by atoms with Gasteiger partial charge in [-0.05, 0) is 25.1 Å². The molecule has 1 rings (SSSR count). The van der Waals surface area contributed by atoms with Gasteiger partial charge in [0.05, 0.1) is 12.8 Å². The van der Waals surface area contributed by atoms with Crippen LogP contribution >= 0.6 is 0 Å². The molecule has 0 bridgehead atoms. The number of amides is 1. The Kier molecular flexibility index (Phi) is 4.65. The van der Waals surface area contributed by atoms with Crippen molar-refractivity contribution in [2.45, 2.75) is 19.9 Å². The lowest BCUT2D eigenvalue weighted by Gasteiger charge is -2.14. The van der Waals surface area contributed by atoms with Crippen LogP contribution in [-0.2, 0) is 14.3 Å². The van der Waals surface area contributed by atoms with E-state index in [2.05, 4.69) is 15.4 Å². The number of anilines is 2. The number of hydrogen-bond donors (Lipinski definition) is 2. The average Bonchev–Trinajstić information content (AvgIpc) is 2.31. The quantitative estimate of drug-likeness (QED) is 0.803. The first kappa shape index (κ1) is 14.0. The highest BCUT2D eigenvalue weighted by atomic mass is 19.1. The highest BCUT2D eigenvalue weighted by Crippen LogP contribution is 2.20. The van der Waals surface area contributed by atoms with Gasteiger partial charge in [0, 0.05) is 12.6 Å². The van der Waals surface area contributed by atoms with Crippen LogP contribution in [0.3, 0.4) is 0 Å². The first-order valence-corrected chi connectivity index (χ1v) is 5.35. The molecule has 1 aromatic carbocycles. The molecule has 0 aliphatic rings. The second-order valence-corrected chi connectivity index (χ2v) is 3.76. The molecule has 18 heavy (non-hydrogen) atoms. The lowest BCUT2D eigenvalue weighted by Crippen LogP contribution is -2.27. The summed E-state index contributed by atoms with van der Waals surface area (Å²) in [5.41, 5.74) is 0.572. The molecule has 0 radical (unpaired) electrons. The standard InChI is InChI=1S/C12H15FN2O3/c1-7(12(17)18-3)14-11-6-9(15-8(2)16)4-5-10(11)13/h4-7,14H,1-3H3,(H,15,16). The number of ether oxygens (including phenoxy) is 1. The zero-order chi connectivity index (χ0) is 13.7. The minimum absolute atomic E-state index is 0.124. The fourth-order valence-electron chi connectivity index (χ4n) is 1.39. The van der Waals surface area contributed by atoms with Crippen molar-refractivity contribution in [2.75, 3.05) is 17.7 Å². The lowest BCUT2D eigenvalue weighted by molar-refractivity contribution is -0.141. The number of methoxy groups -OCH3 is 1. The summed E-state index contributed by atoms with van der Waals surface area (Å²) in [6.45, 7) is 2.91. The molecule has 98 valence electrons. The number of benzene rings is 1. The first-order valence-electron chi connectivity index (χ1n) is 5.35. The van der Waals surface area contributed by atoms with Gasteiger partial charge in [-0.1, -0.05) is 0 Å². The van der Waals surface area contributed by atoms with Crippen molar-refractivity contribution in [2.24, 2.45) is 0 Å². The summed E-state index contributed by atoms with van der Waals surface area (Å²) in [5, 5.41) is 5.20. The predicted octanol–water partition coefficient (Wildman–Crippen LogP) is 1.76. The smallest absolute Gasteiger partial charge is 0.327 e. The molecule has 0 fully saturated rings. The minimum Gasteiger partial charge on any atom is -0.467 e. The van der Waals surface area contributed by atoms with Crippen molar-refractivity contribution in [3.63, 3.8) is 0 Å². The number of halogens is 1. The first-order chi connectivity index (χ1) is 8.43. The molecular formula is C12H15FN2O3. The Labute approximate surface area is 104 Å². The van der Waals surface area contributed by atoms with Crippen LogP contribution in [-0.4, -0.2) is 25.0 Å². The number of carbonyl (C=O) groups excluding carboxylic acids is 2. The van der Waals surface area contributed by atoms with Gasteiger partial charge in [0.15, 0.2) is 0 Å². The molecule has 5 nitrogen and oxygen atoms in total. The van der Waals surface area contributed by atoms with Crippen LogP contribution in [0.15, 0.2) is 18.2 Å². The predicted molar refractivity (Wildman–Crippen MR) is 65.8 cm³/mol. The molecule has 0 saturated carbocycles. The number of nitrogens with one attached hydrogen (secondary N) is 2. The maximum absolute atomic E-state index is 13.5. The van der Waals surface area contributed by atoms with Gasteiger partial charge in [0.2, 0.25) is 5.91 Å². The van der Waals surface area contributed by atoms with Crippen LogP contribution < -0.4 is 10.6 Å². The summed E-state index contributed by atoms with van der Waals surface area (Å²) in [6.07, 6.45) is 0. The molecule has 0 aliphatic heterocycles. The Balaban J connectivity index is 2.87. The topological polar surface area (TPSA) is 67.4 Å².